The van der Waals surface area contributed by atoms with Crippen LogP contribution in [0, 0.1) is 17.8 Å². The van der Waals surface area contributed by atoms with Gasteiger partial charge >= 0.3 is 0 Å². The van der Waals surface area contributed by atoms with Crippen LogP contribution in [0.1, 0.15) is 44.3 Å². The van der Waals surface area contributed by atoms with Gasteiger partial charge in [0.1, 0.15) is 0 Å². The van der Waals surface area contributed by atoms with Gasteiger partial charge in [-0.3, -0.25) is 13.8 Å². The third kappa shape index (κ3) is 3.06. The molecule has 0 spiro atoms. The van der Waals surface area contributed by atoms with Crippen LogP contribution in [0.5, 0.6) is 0 Å². The number of nitrogens with one attached hydrogen (secondary N) is 2. The van der Waals surface area contributed by atoms with E-state index in [1.165, 1.54) is 44.2 Å². The number of para-hydroxylation sites is 3. The molecule has 0 amide bonds. The first-order chi connectivity index (χ1) is 16.6. The average Bonchev–Trinajstić information content (AvgIpc) is 3.25. The van der Waals surface area contributed by atoms with Crippen LogP contribution in [0.15, 0.2) is 53.3 Å². The van der Waals surface area contributed by atoms with Crippen LogP contribution < -0.4 is 16.2 Å². The van der Waals surface area contributed by atoms with E-state index in [1.807, 2.05) is 28.7 Å². The second-order valence-corrected chi connectivity index (χ2v) is 10.9. The molecular formula is C27H30N6O. The lowest BCUT2D eigenvalue weighted by Crippen LogP contribution is -2.54. The van der Waals surface area contributed by atoms with Crippen LogP contribution in [0.3, 0.4) is 0 Å². The summed E-state index contributed by atoms with van der Waals surface area (Å²) >= 11 is 0. The molecule has 4 aliphatic rings. The summed E-state index contributed by atoms with van der Waals surface area (Å²) in [5.41, 5.74) is 3.30. The Morgan fingerprint density at radius 2 is 1.56 bits per heavy atom. The van der Waals surface area contributed by atoms with Crippen molar-refractivity contribution >= 4 is 28.1 Å². The maximum atomic E-state index is 12.7. The van der Waals surface area contributed by atoms with Gasteiger partial charge in [0.05, 0.1) is 28.8 Å². The minimum absolute atomic E-state index is 0.0554. The molecule has 0 atom stereocenters. The molecule has 0 saturated heterocycles. The molecule has 4 aliphatic carbocycles. The maximum absolute atomic E-state index is 12.7. The summed E-state index contributed by atoms with van der Waals surface area (Å²) < 4.78 is 3.56. The lowest BCUT2D eigenvalue weighted by Gasteiger charge is -2.57. The van der Waals surface area contributed by atoms with Gasteiger partial charge in [-0.15, -0.1) is 10.2 Å². The van der Waals surface area contributed by atoms with Gasteiger partial charge in [0, 0.05) is 12.6 Å². The Morgan fingerprint density at radius 1 is 0.912 bits per heavy atom. The highest BCUT2D eigenvalue weighted by molar-refractivity contribution is 5.80. The fourth-order valence-electron chi connectivity index (χ4n) is 7.48. The molecule has 7 nitrogen and oxygen atoms in total. The molecule has 2 aromatic heterocycles. The monoisotopic (exact) mass is 454 g/mol. The Hall–Kier alpha value is -3.35. The Bertz CT molecular complexity index is 1430. The van der Waals surface area contributed by atoms with E-state index >= 15 is 0 Å². The van der Waals surface area contributed by atoms with Crippen LogP contribution in [-0.2, 0) is 13.6 Å². The highest BCUT2D eigenvalue weighted by atomic mass is 16.1. The van der Waals surface area contributed by atoms with E-state index < -0.39 is 0 Å². The molecule has 2 N–H and O–H groups in total. The van der Waals surface area contributed by atoms with E-state index in [-0.39, 0.29) is 11.1 Å². The van der Waals surface area contributed by atoms with Crippen LogP contribution >= 0.6 is 0 Å². The van der Waals surface area contributed by atoms with E-state index in [0.29, 0.717) is 17.7 Å². The normalized spacial score (nSPS) is 27.5. The third-order valence-corrected chi connectivity index (χ3v) is 8.50. The quantitative estimate of drug-likeness (QED) is 0.462. The van der Waals surface area contributed by atoms with Crippen molar-refractivity contribution < 1.29 is 0 Å². The van der Waals surface area contributed by atoms with Gasteiger partial charge in [0.15, 0.2) is 5.82 Å². The summed E-state index contributed by atoms with van der Waals surface area (Å²) in [7, 11) is 1.75. The van der Waals surface area contributed by atoms with E-state index in [9.17, 15) is 4.79 Å². The molecule has 34 heavy (non-hydrogen) atoms. The van der Waals surface area contributed by atoms with Crippen LogP contribution in [0.4, 0.5) is 11.4 Å². The van der Waals surface area contributed by atoms with E-state index in [2.05, 4.69) is 45.1 Å². The zero-order valence-corrected chi connectivity index (χ0v) is 19.5. The van der Waals surface area contributed by atoms with Crippen LogP contribution in [0.25, 0.3) is 16.7 Å². The topological polar surface area (TPSA) is 76.2 Å². The second kappa shape index (κ2) is 7.32. The number of rotatable bonds is 5. The molecule has 4 aromatic rings. The number of fused-ring (bicyclic) bond motifs is 3. The van der Waals surface area contributed by atoms with Gasteiger partial charge in [0.2, 0.25) is 5.78 Å². The molecule has 0 aliphatic heterocycles. The zero-order chi connectivity index (χ0) is 22.9. The molecule has 0 unspecified atom stereocenters. The molecule has 174 valence electrons. The predicted octanol–water partition coefficient (Wildman–Crippen LogP) is 4.57. The van der Waals surface area contributed by atoms with Gasteiger partial charge in [-0.1, -0.05) is 24.3 Å². The predicted molar refractivity (Wildman–Crippen MR) is 134 cm³/mol. The summed E-state index contributed by atoms with van der Waals surface area (Å²) in [6.45, 7) is 0.517. The summed E-state index contributed by atoms with van der Waals surface area (Å²) in [5, 5.41) is 17.1. The minimum Gasteiger partial charge on any atom is -0.378 e. The van der Waals surface area contributed by atoms with E-state index in [0.717, 1.165) is 34.8 Å². The number of benzene rings is 2. The molecule has 2 heterocycles. The second-order valence-electron chi connectivity index (χ2n) is 10.9. The Morgan fingerprint density at radius 3 is 2.29 bits per heavy atom. The Kier molecular flexibility index (Phi) is 4.32. The summed E-state index contributed by atoms with van der Waals surface area (Å²) in [4.78, 5) is 12.7. The minimum atomic E-state index is -0.0554. The third-order valence-electron chi connectivity index (χ3n) is 8.50. The molecule has 4 bridgehead atoms. The van der Waals surface area contributed by atoms with Gasteiger partial charge in [-0.2, -0.15) is 0 Å². The van der Waals surface area contributed by atoms with Crippen molar-refractivity contribution in [2.24, 2.45) is 24.8 Å². The summed E-state index contributed by atoms with van der Waals surface area (Å²) in [6.07, 6.45) is 8.25. The van der Waals surface area contributed by atoms with Gasteiger partial charge < -0.3 is 10.6 Å². The SMILES string of the molecule is Cn1c(=O)c2ccccc2n2c(CNc3ccccc3NC34CC5CC(CC(C5)C3)C4)nnc12. The number of nitrogens with zero attached hydrogens (tertiary/aromatic N) is 4. The van der Waals surface area contributed by atoms with Crippen molar-refractivity contribution in [3.05, 3.63) is 64.7 Å². The van der Waals surface area contributed by atoms with Gasteiger partial charge in [-0.05, 0) is 80.5 Å². The van der Waals surface area contributed by atoms with Crippen LogP contribution in [0.2, 0.25) is 0 Å². The first-order valence-electron chi connectivity index (χ1n) is 12.5. The fourth-order valence-corrected chi connectivity index (χ4v) is 7.48. The standard InChI is InChI=1S/C27H30N6O/c1-32-25(34)20-6-2-5-9-23(20)33-24(30-31-26(32)33)16-28-21-7-3-4-8-22(21)29-27-13-17-10-18(14-27)12-19(11-17)15-27/h2-9,17-19,28-29H,10-16H2,1H3. The number of anilines is 2. The van der Waals surface area contributed by atoms with Crippen molar-refractivity contribution in [3.8, 4) is 0 Å². The molecule has 7 heteroatoms. The van der Waals surface area contributed by atoms with Crippen molar-refractivity contribution in [3.63, 3.8) is 0 Å². The van der Waals surface area contributed by atoms with Crippen molar-refractivity contribution in [2.45, 2.75) is 50.6 Å². The molecule has 4 fully saturated rings. The lowest BCUT2D eigenvalue weighted by atomic mass is 9.53. The number of aryl methyl sites for hydroxylation is 1. The maximum Gasteiger partial charge on any atom is 0.262 e. The first kappa shape index (κ1) is 20.1. The molecule has 0 radical (unpaired) electrons. The Labute approximate surface area is 198 Å². The largest absolute Gasteiger partial charge is 0.378 e. The Balaban J connectivity index is 1.20. The number of aromatic nitrogens is 4. The van der Waals surface area contributed by atoms with E-state index in [4.69, 9.17) is 0 Å². The van der Waals surface area contributed by atoms with Crippen molar-refractivity contribution in [2.75, 3.05) is 10.6 Å². The molecule has 4 saturated carbocycles. The van der Waals surface area contributed by atoms with Crippen molar-refractivity contribution in [1.29, 1.82) is 0 Å². The van der Waals surface area contributed by atoms with Gasteiger partial charge in [0.25, 0.3) is 5.56 Å². The number of hydrogen-bond donors (Lipinski definition) is 2. The van der Waals surface area contributed by atoms with Crippen LogP contribution in [-0.4, -0.2) is 24.7 Å². The number of hydrogen-bond acceptors (Lipinski definition) is 5. The van der Waals surface area contributed by atoms with Crippen molar-refractivity contribution in [1.82, 2.24) is 19.2 Å². The highest BCUT2D eigenvalue weighted by Crippen LogP contribution is 2.56. The lowest BCUT2D eigenvalue weighted by molar-refractivity contribution is 0.0107. The molecule has 8 rings (SSSR count). The summed E-state index contributed by atoms with van der Waals surface area (Å²) in [6, 6.07) is 16.2. The zero-order valence-electron chi connectivity index (χ0n) is 19.5. The summed E-state index contributed by atoms with van der Waals surface area (Å²) in [5.74, 6) is 4.05. The molecule has 2 aromatic carbocycles. The van der Waals surface area contributed by atoms with E-state index in [1.54, 1.807) is 11.6 Å². The first-order valence-corrected chi connectivity index (χ1v) is 12.5. The molecular weight excluding hydrogens is 424 g/mol. The van der Waals surface area contributed by atoms with Gasteiger partial charge in [-0.25, -0.2) is 0 Å². The highest BCUT2D eigenvalue weighted by Gasteiger charge is 2.51. The smallest absolute Gasteiger partial charge is 0.262 e. The average molecular weight is 455 g/mol. The fraction of sp³-hybridized carbons (Fsp3) is 0.444.